The molecule has 0 radical (unpaired) electrons. The molecule has 1 nitrogen and oxygen atoms in total. The fraction of sp³-hybridized carbons (Fsp3) is 0.826. The molecule has 4 atom stereocenters. The molecule has 0 aromatic rings. The molecule has 2 aliphatic rings. The largest absolute Gasteiger partial charge is 0.393 e. The molecule has 1 fully saturated rings. The molecule has 0 bridgehead atoms. The van der Waals surface area contributed by atoms with Crippen LogP contribution in [0.5, 0.6) is 0 Å². The van der Waals surface area contributed by atoms with Crippen LogP contribution in [0.1, 0.15) is 92.9 Å². The fourth-order valence-electron chi connectivity index (χ4n) is 5.74. The maximum Gasteiger partial charge on any atom is 0.0515 e. The molecule has 138 valence electrons. The van der Waals surface area contributed by atoms with Crippen molar-refractivity contribution in [3.63, 3.8) is 0 Å². The number of hydrogen-bond donors (Lipinski definition) is 1. The van der Waals surface area contributed by atoms with Gasteiger partial charge >= 0.3 is 0 Å². The summed E-state index contributed by atoms with van der Waals surface area (Å²) in [5.74, 6) is 1.59. The highest BCUT2D eigenvalue weighted by molar-refractivity contribution is 5.19. The van der Waals surface area contributed by atoms with Gasteiger partial charge in [0.15, 0.2) is 0 Å². The van der Waals surface area contributed by atoms with Crippen molar-refractivity contribution >= 4 is 0 Å². The maximum atomic E-state index is 9.41. The molecule has 24 heavy (non-hydrogen) atoms. The van der Waals surface area contributed by atoms with Crippen LogP contribution >= 0.6 is 0 Å². The van der Waals surface area contributed by atoms with Gasteiger partial charge in [-0.25, -0.2) is 0 Å². The summed E-state index contributed by atoms with van der Waals surface area (Å²) in [5, 5.41) is 9.41. The molecule has 0 saturated heterocycles. The summed E-state index contributed by atoms with van der Waals surface area (Å²) in [5.41, 5.74) is 4.12. The van der Waals surface area contributed by atoms with Gasteiger partial charge in [0.05, 0.1) is 6.10 Å². The van der Waals surface area contributed by atoms with Gasteiger partial charge in [-0.3, -0.25) is 0 Å². The Balaban J connectivity index is 2.05. The Morgan fingerprint density at radius 2 is 2.04 bits per heavy atom. The van der Waals surface area contributed by atoms with Gasteiger partial charge in [-0.2, -0.15) is 0 Å². The van der Waals surface area contributed by atoms with Gasteiger partial charge < -0.3 is 5.11 Å². The first kappa shape index (κ1) is 19.8. The van der Waals surface area contributed by atoms with Crippen molar-refractivity contribution in [1.29, 1.82) is 0 Å². The van der Waals surface area contributed by atoms with E-state index in [0.717, 1.165) is 24.7 Å². The van der Waals surface area contributed by atoms with Gasteiger partial charge in [0.25, 0.3) is 0 Å². The number of hydrogen-bond acceptors (Lipinski definition) is 1. The highest BCUT2D eigenvalue weighted by Crippen LogP contribution is 2.60. The summed E-state index contributed by atoms with van der Waals surface area (Å²) in [6, 6.07) is 0. The van der Waals surface area contributed by atoms with Crippen molar-refractivity contribution in [1.82, 2.24) is 0 Å². The second-order valence-corrected chi connectivity index (χ2v) is 9.65. The molecule has 0 aliphatic heterocycles. The molecule has 0 unspecified atom stereocenters. The molecule has 0 amide bonds. The molecule has 0 aromatic heterocycles. The summed E-state index contributed by atoms with van der Waals surface area (Å²) < 4.78 is 0. The van der Waals surface area contributed by atoms with E-state index in [-0.39, 0.29) is 6.10 Å². The molecular weight excluding hydrogens is 292 g/mol. The number of aliphatic hydroxyl groups excluding tert-OH is 1. The third-order valence-electron chi connectivity index (χ3n) is 7.20. The lowest BCUT2D eigenvalue weighted by atomic mass is 9.48. The average Bonchev–Trinajstić information content (AvgIpc) is 2.45. The maximum absolute atomic E-state index is 9.41. The molecule has 0 aromatic carbocycles. The predicted molar refractivity (Wildman–Crippen MR) is 105 cm³/mol. The Morgan fingerprint density at radius 3 is 2.71 bits per heavy atom. The second kappa shape index (κ2) is 7.77. The van der Waals surface area contributed by atoms with Gasteiger partial charge in [-0.1, -0.05) is 50.5 Å². The van der Waals surface area contributed by atoms with Crippen molar-refractivity contribution < 1.29 is 5.11 Å². The first-order valence-corrected chi connectivity index (χ1v) is 10.2. The van der Waals surface area contributed by atoms with E-state index in [9.17, 15) is 5.11 Å². The number of allylic oxidation sites excluding steroid dienone is 4. The smallest absolute Gasteiger partial charge is 0.0515 e. The molecule has 2 aliphatic carbocycles. The van der Waals surface area contributed by atoms with E-state index >= 15 is 0 Å². The Bertz CT molecular complexity index is 482. The fourth-order valence-corrected chi connectivity index (χ4v) is 5.74. The standard InChI is InChI=1S/C23H40O/c1-17(9-7-10-19(3)24)11-13-20-18(2)12-14-21-22(4,5)15-8-16-23(20,21)6/h9,12,19-21,24H,7-8,10-11,13-16H2,1-6H3/b17-9+/t19-,20+,21-,23-/m1/s1. The molecule has 1 heteroatoms. The summed E-state index contributed by atoms with van der Waals surface area (Å²) in [4.78, 5) is 0. The van der Waals surface area contributed by atoms with Crippen LogP contribution in [0.15, 0.2) is 23.3 Å². The van der Waals surface area contributed by atoms with Crippen LogP contribution < -0.4 is 0 Å². The van der Waals surface area contributed by atoms with Gasteiger partial charge in [0, 0.05) is 0 Å². The third-order valence-corrected chi connectivity index (χ3v) is 7.20. The van der Waals surface area contributed by atoms with E-state index in [4.69, 9.17) is 0 Å². The van der Waals surface area contributed by atoms with Crippen molar-refractivity contribution in [2.24, 2.45) is 22.7 Å². The average molecular weight is 333 g/mol. The summed E-state index contributed by atoms with van der Waals surface area (Å²) in [6.07, 6.45) is 14.6. The van der Waals surface area contributed by atoms with E-state index in [2.05, 4.69) is 46.8 Å². The third kappa shape index (κ3) is 4.34. The van der Waals surface area contributed by atoms with Crippen LogP contribution in [0.4, 0.5) is 0 Å². The molecule has 0 spiro atoms. The zero-order valence-electron chi connectivity index (χ0n) is 17.0. The van der Waals surface area contributed by atoms with Gasteiger partial charge in [0.2, 0.25) is 0 Å². The summed E-state index contributed by atoms with van der Waals surface area (Å²) >= 11 is 0. The van der Waals surface area contributed by atoms with Crippen LogP contribution in [0.2, 0.25) is 0 Å². The lowest BCUT2D eigenvalue weighted by Gasteiger charge is -2.57. The van der Waals surface area contributed by atoms with Crippen molar-refractivity contribution in [3.8, 4) is 0 Å². The van der Waals surface area contributed by atoms with E-state index in [1.807, 2.05) is 6.92 Å². The first-order chi connectivity index (χ1) is 11.2. The van der Waals surface area contributed by atoms with Crippen LogP contribution in [0, 0.1) is 22.7 Å². The summed E-state index contributed by atoms with van der Waals surface area (Å²) in [7, 11) is 0. The molecule has 2 rings (SSSR count). The van der Waals surface area contributed by atoms with Gasteiger partial charge in [-0.05, 0) is 88.4 Å². The zero-order chi connectivity index (χ0) is 18.0. The van der Waals surface area contributed by atoms with Gasteiger partial charge in [0.1, 0.15) is 0 Å². The van der Waals surface area contributed by atoms with Crippen LogP contribution in [-0.4, -0.2) is 11.2 Å². The minimum absolute atomic E-state index is 0.179. The van der Waals surface area contributed by atoms with Crippen LogP contribution in [0.3, 0.4) is 0 Å². The summed E-state index contributed by atoms with van der Waals surface area (Å²) in [6.45, 7) is 14.1. The quantitative estimate of drug-likeness (QED) is 0.538. The Labute approximate surface area is 150 Å². The zero-order valence-corrected chi connectivity index (χ0v) is 17.0. The van der Waals surface area contributed by atoms with Crippen LogP contribution in [0.25, 0.3) is 0 Å². The first-order valence-electron chi connectivity index (χ1n) is 10.2. The Kier molecular flexibility index (Phi) is 6.40. The molecule has 1 N–H and O–H groups in total. The van der Waals surface area contributed by atoms with Crippen molar-refractivity contribution in [2.75, 3.05) is 0 Å². The SMILES string of the molecule is CC1=CC[C@@H]2C(C)(C)CCC[C@]2(C)[C@H]1CC/C(C)=C/CC[C@@H](C)O. The number of aliphatic hydroxyl groups is 1. The number of fused-ring (bicyclic) bond motifs is 1. The predicted octanol–water partition coefficient (Wildman–Crippen LogP) is 6.67. The van der Waals surface area contributed by atoms with E-state index in [0.29, 0.717) is 10.8 Å². The van der Waals surface area contributed by atoms with Crippen molar-refractivity contribution in [3.05, 3.63) is 23.3 Å². The number of rotatable bonds is 6. The highest BCUT2D eigenvalue weighted by Gasteiger charge is 2.51. The minimum atomic E-state index is -0.179. The monoisotopic (exact) mass is 332 g/mol. The molecular formula is C23H40O. The van der Waals surface area contributed by atoms with Crippen LogP contribution in [-0.2, 0) is 0 Å². The minimum Gasteiger partial charge on any atom is -0.393 e. The van der Waals surface area contributed by atoms with Crippen molar-refractivity contribution in [2.45, 2.75) is 99.0 Å². The second-order valence-electron chi connectivity index (χ2n) is 9.65. The lowest BCUT2D eigenvalue weighted by molar-refractivity contribution is -0.0390. The normalized spacial score (nSPS) is 34.5. The lowest BCUT2D eigenvalue weighted by Crippen LogP contribution is -2.48. The van der Waals surface area contributed by atoms with E-state index in [1.54, 1.807) is 5.57 Å². The Hall–Kier alpha value is -0.560. The van der Waals surface area contributed by atoms with E-state index in [1.165, 1.54) is 44.1 Å². The van der Waals surface area contributed by atoms with Gasteiger partial charge in [-0.15, -0.1) is 0 Å². The highest BCUT2D eigenvalue weighted by atomic mass is 16.3. The van der Waals surface area contributed by atoms with E-state index < -0.39 is 0 Å². The Morgan fingerprint density at radius 1 is 1.33 bits per heavy atom. The topological polar surface area (TPSA) is 20.2 Å². The molecule has 0 heterocycles. The molecule has 1 saturated carbocycles.